The molecule has 22 heavy (non-hydrogen) atoms. The van der Waals surface area contributed by atoms with Gasteiger partial charge in [-0.25, -0.2) is 0 Å². The first kappa shape index (κ1) is 16.3. The summed E-state index contributed by atoms with van der Waals surface area (Å²) in [6, 6.07) is 13.8. The lowest BCUT2D eigenvalue weighted by atomic mass is 9.98. The molecule has 0 aliphatic rings. The predicted octanol–water partition coefficient (Wildman–Crippen LogP) is 2.89. The summed E-state index contributed by atoms with van der Waals surface area (Å²) in [4.78, 5) is 0. The van der Waals surface area contributed by atoms with Crippen molar-refractivity contribution in [1.29, 1.82) is 0 Å². The third kappa shape index (κ3) is 4.21. The molecule has 2 aromatic rings. The van der Waals surface area contributed by atoms with Gasteiger partial charge in [0.2, 0.25) is 0 Å². The van der Waals surface area contributed by atoms with Crippen LogP contribution in [0.4, 0.5) is 0 Å². The van der Waals surface area contributed by atoms with Crippen LogP contribution in [-0.2, 0) is 6.42 Å². The molecule has 0 saturated heterocycles. The molecule has 0 spiro atoms. The topological polar surface area (TPSA) is 46.2 Å². The quantitative estimate of drug-likeness (QED) is 0.855. The summed E-state index contributed by atoms with van der Waals surface area (Å²) in [7, 11) is 0. The minimum Gasteiger partial charge on any atom is -0.379 e. The van der Waals surface area contributed by atoms with Gasteiger partial charge in [-0.1, -0.05) is 48.2 Å². The Bertz CT molecular complexity index is 709. The third-order valence-corrected chi connectivity index (χ3v) is 3.87. The number of aliphatic hydroxyl groups is 1. The summed E-state index contributed by atoms with van der Waals surface area (Å²) < 4.78 is 0. The molecule has 2 unspecified atom stereocenters. The van der Waals surface area contributed by atoms with Crippen LogP contribution in [0.2, 0.25) is 0 Å². The molecule has 2 atom stereocenters. The molecular formula is C20H23NO. The monoisotopic (exact) mass is 293 g/mol. The van der Waals surface area contributed by atoms with E-state index in [1.54, 1.807) is 0 Å². The van der Waals surface area contributed by atoms with E-state index in [9.17, 15) is 5.11 Å². The van der Waals surface area contributed by atoms with Crippen LogP contribution in [0.25, 0.3) is 0 Å². The van der Waals surface area contributed by atoms with Crippen LogP contribution in [-0.4, -0.2) is 17.3 Å². The standard InChI is InChI=1S/C20H23NO/c1-14-8-9-16(3)18(12-14)10-11-20(22)19(21)13-17-7-5-4-6-15(17)2/h4-9,12,19-20,22H,13,21H2,1-3H3. The summed E-state index contributed by atoms with van der Waals surface area (Å²) in [5, 5.41) is 10.2. The van der Waals surface area contributed by atoms with E-state index in [-0.39, 0.29) is 0 Å². The maximum atomic E-state index is 10.2. The third-order valence-electron chi connectivity index (χ3n) is 3.87. The van der Waals surface area contributed by atoms with Crippen LogP contribution in [0.3, 0.4) is 0 Å². The van der Waals surface area contributed by atoms with Crippen molar-refractivity contribution in [3.8, 4) is 11.8 Å². The SMILES string of the molecule is Cc1ccc(C)c(C#CC(O)C(N)Cc2ccccc2C)c1. The molecule has 3 N–H and O–H groups in total. The van der Waals surface area contributed by atoms with E-state index in [4.69, 9.17) is 5.73 Å². The lowest BCUT2D eigenvalue weighted by molar-refractivity contribution is 0.199. The highest BCUT2D eigenvalue weighted by Crippen LogP contribution is 2.11. The maximum absolute atomic E-state index is 10.2. The van der Waals surface area contributed by atoms with Crippen molar-refractivity contribution in [2.45, 2.75) is 39.3 Å². The maximum Gasteiger partial charge on any atom is 0.130 e. The van der Waals surface area contributed by atoms with E-state index in [0.29, 0.717) is 6.42 Å². The normalized spacial score (nSPS) is 13.1. The lowest BCUT2D eigenvalue weighted by Gasteiger charge is -2.15. The van der Waals surface area contributed by atoms with Gasteiger partial charge in [-0.3, -0.25) is 0 Å². The van der Waals surface area contributed by atoms with Crippen molar-refractivity contribution in [1.82, 2.24) is 0 Å². The molecule has 0 radical (unpaired) electrons. The zero-order valence-corrected chi connectivity index (χ0v) is 13.4. The minimum absolute atomic E-state index is 0.390. The Labute approximate surface area is 133 Å². The van der Waals surface area contributed by atoms with Crippen LogP contribution in [0.5, 0.6) is 0 Å². The second-order valence-electron chi connectivity index (χ2n) is 5.83. The molecule has 2 heteroatoms. The van der Waals surface area contributed by atoms with Gasteiger partial charge in [0.1, 0.15) is 6.10 Å². The Balaban J connectivity index is 2.09. The fourth-order valence-electron chi connectivity index (χ4n) is 2.33. The number of hydrogen-bond acceptors (Lipinski definition) is 2. The minimum atomic E-state index is -0.834. The number of nitrogens with two attached hydrogens (primary N) is 1. The number of rotatable bonds is 3. The highest BCUT2D eigenvalue weighted by atomic mass is 16.3. The van der Waals surface area contributed by atoms with Crippen LogP contribution in [0.1, 0.15) is 27.8 Å². The Hall–Kier alpha value is -2.08. The molecule has 0 saturated carbocycles. The fraction of sp³-hybridized carbons (Fsp3) is 0.300. The van der Waals surface area contributed by atoms with Crippen molar-refractivity contribution in [3.05, 3.63) is 70.3 Å². The van der Waals surface area contributed by atoms with Crippen LogP contribution < -0.4 is 5.73 Å². The Morgan fingerprint density at radius 2 is 1.77 bits per heavy atom. The molecule has 0 heterocycles. The van der Waals surface area contributed by atoms with Gasteiger partial charge >= 0.3 is 0 Å². The molecule has 0 amide bonds. The Morgan fingerprint density at radius 3 is 2.50 bits per heavy atom. The van der Waals surface area contributed by atoms with Crippen LogP contribution >= 0.6 is 0 Å². The highest BCUT2D eigenvalue weighted by molar-refractivity contribution is 5.43. The molecule has 114 valence electrons. The molecule has 0 aliphatic heterocycles. The first-order valence-corrected chi connectivity index (χ1v) is 7.54. The van der Waals surface area contributed by atoms with Gasteiger partial charge in [0.25, 0.3) is 0 Å². The first-order chi connectivity index (χ1) is 10.5. The van der Waals surface area contributed by atoms with Gasteiger partial charge in [-0.2, -0.15) is 0 Å². The summed E-state index contributed by atoms with van der Waals surface area (Å²) >= 11 is 0. The molecular weight excluding hydrogens is 270 g/mol. The number of aryl methyl sites for hydroxylation is 3. The van der Waals surface area contributed by atoms with Crippen LogP contribution in [0.15, 0.2) is 42.5 Å². The zero-order valence-electron chi connectivity index (χ0n) is 13.4. The van der Waals surface area contributed by atoms with Crippen molar-refractivity contribution in [2.24, 2.45) is 5.73 Å². The van der Waals surface area contributed by atoms with Crippen LogP contribution in [0, 0.1) is 32.6 Å². The Morgan fingerprint density at radius 1 is 1.05 bits per heavy atom. The van der Waals surface area contributed by atoms with E-state index in [2.05, 4.69) is 30.9 Å². The summed E-state index contributed by atoms with van der Waals surface area (Å²) in [5.41, 5.74) is 11.7. The van der Waals surface area contributed by atoms with E-state index < -0.39 is 12.1 Å². The molecule has 2 nitrogen and oxygen atoms in total. The molecule has 0 aromatic heterocycles. The second kappa shape index (κ2) is 7.26. The predicted molar refractivity (Wildman–Crippen MR) is 91.7 cm³/mol. The van der Waals surface area contributed by atoms with Crippen molar-refractivity contribution < 1.29 is 5.11 Å². The lowest BCUT2D eigenvalue weighted by Crippen LogP contribution is -2.35. The highest BCUT2D eigenvalue weighted by Gasteiger charge is 2.13. The van der Waals surface area contributed by atoms with Gasteiger partial charge in [0.05, 0.1) is 0 Å². The van der Waals surface area contributed by atoms with Crippen molar-refractivity contribution in [3.63, 3.8) is 0 Å². The first-order valence-electron chi connectivity index (χ1n) is 7.54. The van der Waals surface area contributed by atoms with E-state index >= 15 is 0 Å². The largest absolute Gasteiger partial charge is 0.379 e. The number of aliphatic hydroxyl groups excluding tert-OH is 1. The molecule has 0 aliphatic carbocycles. The number of hydrogen-bond donors (Lipinski definition) is 2. The van der Waals surface area contributed by atoms with E-state index in [0.717, 1.165) is 22.3 Å². The van der Waals surface area contributed by atoms with Crippen molar-refractivity contribution in [2.75, 3.05) is 0 Å². The second-order valence-corrected chi connectivity index (χ2v) is 5.83. The molecule has 2 rings (SSSR count). The molecule has 2 aromatic carbocycles. The Kier molecular flexibility index (Phi) is 5.38. The van der Waals surface area contributed by atoms with Gasteiger partial charge in [0.15, 0.2) is 0 Å². The van der Waals surface area contributed by atoms with E-state index in [1.165, 1.54) is 5.56 Å². The summed E-state index contributed by atoms with van der Waals surface area (Å²) in [6.45, 7) is 6.10. The average Bonchev–Trinajstić information content (AvgIpc) is 2.50. The average molecular weight is 293 g/mol. The summed E-state index contributed by atoms with van der Waals surface area (Å²) in [6.07, 6.45) is -0.213. The molecule has 0 fully saturated rings. The number of benzene rings is 2. The van der Waals surface area contributed by atoms with Gasteiger partial charge in [-0.05, 0) is 55.5 Å². The van der Waals surface area contributed by atoms with Gasteiger partial charge in [0, 0.05) is 11.6 Å². The van der Waals surface area contributed by atoms with Gasteiger partial charge in [-0.15, -0.1) is 0 Å². The molecule has 0 bridgehead atoms. The zero-order chi connectivity index (χ0) is 16.1. The fourth-order valence-corrected chi connectivity index (χ4v) is 2.33. The van der Waals surface area contributed by atoms with Gasteiger partial charge < -0.3 is 10.8 Å². The van der Waals surface area contributed by atoms with Crippen molar-refractivity contribution >= 4 is 0 Å². The summed E-state index contributed by atoms with van der Waals surface area (Å²) in [5.74, 6) is 5.94. The smallest absolute Gasteiger partial charge is 0.130 e. The van der Waals surface area contributed by atoms with E-state index in [1.807, 2.05) is 44.2 Å².